The quantitative estimate of drug-likeness (QED) is 0.637. The van der Waals surface area contributed by atoms with Crippen LogP contribution in [0.1, 0.15) is 26.2 Å². The molecule has 2 heteroatoms. The molecule has 0 aliphatic heterocycles. The van der Waals surface area contributed by atoms with E-state index in [1.54, 1.807) is 0 Å². The molecule has 2 atom stereocenters. The van der Waals surface area contributed by atoms with Gasteiger partial charge in [-0.05, 0) is 25.2 Å². The second kappa shape index (κ2) is 3.91. The van der Waals surface area contributed by atoms with E-state index in [1.165, 1.54) is 19.3 Å². The Kier molecular flexibility index (Phi) is 3.13. The monoisotopic (exact) mass is 145 g/mol. The van der Waals surface area contributed by atoms with Gasteiger partial charge in [-0.15, -0.1) is 0 Å². The normalized spacial score (nSPS) is 33.0. The first-order valence-electron chi connectivity index (χ1n) is 4.12. The molecule has 1 rings (SSSR count). The van der Waals surface area contributed by atoms with Crippen molar-refractivity contribution in [1.29, 1.82) is 0 Å². The third-order valence-corrected chi connectivity index (χ3v) is 2.22. The highest BCUT2D eigenvalue weighted by molar-refractivity contribution is 4.77. The number of nitrogens with one attached hydrogen (secondary N) is 1. The minimum absolute atomic E-state index is 0.231. The molecule has 10 heavy (non-hydrogen) atoms. The predicted octanol–water partition coefficient (Wildman–Crippen LogP) is 1.73. The van der Waals surface area contributed by atoms with Gasteiger partial charge in [0, 0.05) is 12.6 Å². The Morgan fingerprint density at radius 1 is 1.50 bits per heavy atom. The SMILES string of the molecule is CC1CCC(NCCF)C1. The van der Waals surface area contributed by atoms with E-state index in [0.29, 0.717) is 12.6 Å². The van der Waals surface area contributed by atoms with Gasteiger partial charge in [0.25, 0.3) is 0 Å². The molecular formula is C8H16FN. The van der Waals surface area contributed by atoms with Gasteiger partial charge < -0.3 is 5.32 Å². The van der Waals surface area contributed by atoms with Crippen LogP contribution in [0.15, 0.2) is 0 Å². The summed E-state index contributed by atoms with van der Waals surface area (Å²) in [6.45, 7) is 2.57. The van der Waals surface area contributed by atoms with Gasteiger partial charge in [-0.25, -0.2) is 4.39 Å². The minimum Gasteiger partial charge on any atom is -0.311 e. The van der Waals surface area contributed by atoms with Crippen LogP contribution in [-0.4, -0.2) is 19.3 Å². The van der Waals surface area contributed by atoms with E-state index < -0.39 is 0 Å². The molecule has 1 nitrogen and oxygen atoms in total. The summed E-state index contributed by atoms with van der Waals surface area (Å²) in [4.78, 5) is 0. The number of hydrogen-bond acceptors (Lipinski definition) is 1. The molecule has 0 aromatic rings. The zero-order valence-corrected chi connectivity index (χ0v) is 6.57. The lowest BCUT2D eigenvalue weighted by Crippen LogP contribution is -2.28. The van der Waals surface area contributed by atoms with Gasteiger partial charge in [-0.2, -0.15) is 0 Å². The van der Waals surface area contributed by atoms with Crippen LogP contribution in [0, 0.1) is 5.92 Å². The number of rotatable bonds is 3. The average molecular weight is 145 g/mol. The highest BCUT2D eigenvalue weighted by atomic mass is 19.1. The molecule has 0 amide bonds. The molecule has 1 aliphatic rings. The van der Waals surface area contributed by atoms with E-state index in [2.05, 4.69) is 12.2 Å². The maximum absolute atomic E-state index is 11.7. The standard InChI is InChI=1S/C8H16FN/c1-7-2-3-8(6-7)10-5-4-9/h7-8,10H,2-6H2,1H3. The molecule has 1 saturated carbocycles. The lowest BCUT2D eigenvalue weighted by molar-refractivity contribution is 0.426. The molecule has 0 aromatic carbocycles. The smallest absolute Gasteiger partial charge is 0.102 e. The van der Waals surface area contributed by atoms with Crippen LogP contribution in [0.2, 0.25) is 0 Å². The Labute approximate surface area is 62.0 Å². The molecule has 0 bridgehead atoms. The molecule has 0 saturated heterocycles. The fourth-order valence-corrected chi connectivity index (χ4v) is 1.65. The van der Waals surface area contributed by atoms with Gasteiger partial charge in [-0.3, -0.25) is 0 Å². The van der Waals surface area contributed by atoms with Crippen molar-refractivity contribution in [3.05, 3.63) is 0 Å². The molecule has 60 valence electrons. The van der Waals surface area contributed by atoms with Gasteiger partial charge in [0.2, 0.25) is 0 Å². The number of alkyl halides is 1. The third kappa shape index (κ3) is 2.25. The van der Waals surface area contributed by atoms with E-state index in [0.717, 1.165) is 5.92 Å². The van der Waals surface area contributed by atoms with Crippen LogP contribution in [0.4, 0.5) is 4.39 Å². The van der Waals surface area contributed by atoms with E-state index in [-0.39, 0.29) is 6.67 Å². The Morgan fingerprint density at radius 3 is 2.80 bits per heavy atom. The molecule has 0 heterocycles. The van der Waals surface area contributed by atoms with Crippen LogP contribution in [0.5, 0.6) is 0 Å². The van der Waals surface area contributed by atoms with Gasteiger partial charge in [-0.1, -0.05) is 6.92 Å². The highest BCUT2D eigenvalue weighted by Gasteiger charge is 2.19. The summed E-state index contributed by atoms with van der Waals surface area (Å²) in [6, 6.07) is 0.603. The first-order valence-corrected chi connectivity index (χ1v) is 4.12. The van der Waals surface area contributed by atoms with E-state index >= 15 is 0 Å². The van der Waals surface area contributed by atoms with Crippen molar-refractivity contribution in [2.75, 3.05) is 13.2 Å². The van der Waals surface area contributed by atoms with Crippen LogP contribution >= 0.6 is 0 Å². The molecule has 1 aliphatic carbocycles. The van der Waals surface area contributed by atoms with Gasteiger partial charge in [0.05, 0.1) is 0 Å². The van der Waals surface area contributed by atoms with Gasteiger partial charge >= 0.3 is 0 Å². The maximum atomic E-state index is 11.7. The Hall–Kier alpha value is -0.110. The maximum Gasteiger partial charge on any atom is 0.102 e. The van der Waals surface area contributed by atoms with Crippen molar-refractivity contribution < 1.29 is 4.39 Å². The zero-order chi connectivity index (χ0) is 7.40. The summed E-state index contributed by atoms with van der Waals surface area (Å²) in [6.07, 6.45) is 3.78. The van der Waals surface area contributed by atoms with E-state index in [9.17, 15) is 4.39 Å². The third-order valence-electron chi connectivity index (χ3n) is 2.22. The van der Waals surface area contributed by atoms with Crippen LogP contribution in [-0.2, 0) is 0 Å². The van der Waals surface area contributed by atoms with Crippen molar-refractivity contribution in [3.63, 3.8) is 0 Å². The second-order valence-corrected chi connectivity index (χ2v) is 3.26. The fraction of sp³-hybridized carbons (Fsp3) is 1.00. The summed E-state index contributed by atoms with van der Waals surface area (Å²) in [5.74, 6) is 0.845. The molecular weight excluding hydrogens is 129 g/mol. The van der Waals surface area contributed by atoms with Crippen molar-refractivity contribution >= 4 is 0 Å². The zero-order valence-electron chi connectivity index (χ0n) is 6.57. The topological polar surface area (TPSA) is 12.0 Å². The van der Waals surface area contributed by atoms with Gasteiger partial charge in [0.15, 0.2) is 0 Å². The van der Waals surface area contributed by atoms with Crippen LogP contribution in [0.3, 0.4) is 0 Å². The molecule has 0 radical (unpaired) electrons. The summed E-state index contributed by atoms with van der Waals surface area (Å²) in [7, 11) is 0. The average Bonchev–Trinajstić information content (AvgIpc) is 2.31. The number of halogens is 1. The van der Waals surface area contributed by atoms with E-state index in [1.807, 2.05) is 0 Å². The molecule has 2 unspecified atom stereocenters. The summed E-state index contributed by atoms with van der Waals surface area (Å²) >= 11 is 0. The largest absolute Gasteiger partial charge is 0.311 e. The van der Waals surface area contributed by atoms with Gasteiger partial charge in [0.1, 0.15) is 6.67 Å². The summed E-state index contributed by atoms with van der Waals surface area (Å²) in [5, 5.41) is 3.19. The Bertz CT molecular complexity index is 95.3. The molecule has 0 aromatic heterocycles. The summed E-state index contributed by atoms with van der Waals surface area (Å²) in [5.41, 5.74) is 0. The first kappa shape index (κ1) is 7.99. The predicted molar refractivity (Wildman–Crippen MR) is 40.8 cm³/mol. The summed E-state index contributed by atoms with van der Waals surface area (Å²) < 4.78 is 11.7. The molecule has 1 fully saturated rings. The molecule has 0 spiro atoms. The van der Waals surface area contributed by atoms with Crippen molar-refractivity contribution in [1.82, 2.24) is 5.32 Å². The first-order chi connectivity index (χ1) is 4.83. The number of hydrogen-bond donors (Lipinski definition) is 1. The van der Waals surface area contributed by atoms with Crippen LogP contribution < -0.4 is 5.32 Å². The molecule has 1 N–H and O–H groups in total. The van der Waals surface area contributed by atoms with Crippen molar-refractivity contribution in [2.45, 2.75) is 32.2 Å². The fourth-order valence-electron chi connectivity index (χ4n) is 1.65. The minimum atomic E-state index is -0.231. The highest BCUT2D eigenvalue weighted by Crippen LogP contribution is 2.24. The van der Waals surface area contributed by atoms with E-state index in [4.69, 9.17) is 0 Å². The van der Waals surface area contributed by atoms with Crippen LogP contribution in [0.25, 0.3) is 0 Å². The van der Waals surface area contributed by atoms with Crippen molar-refractivity contribution in [2.24, 2.45) is 5.92 Å². The Balaban J connectivity index is 2.06. The lowest BCUT2D eigenvalue weighted by Gasteiger charge is -2.09. The Morgan fingerprint density at radius 2 is 2.30 bits per heavy atom. The van der Waals surface area contributed by atoms with Crippen molar-refractivity contribution in [3.8, 4) is 0 Å². The second-order valence-electron chi connectivity index (χ2n) is 3.26. The lowest BCUT2D eigenvalue weighted by atomic mass is 10.1.